The highest BCUT2D eigenvalue weighted by Gasteiger charge is 2.25. The monoisotopic (exact) mass is 412 g/mol. The Kier molecular flexibility index (Phi) is 6.01. The SMILES string of the molecule is COc1cc(OC)c(OC)cc1CN1CCOC(c2cc3cc(F)ccc3cn2)C1. The van der Waals surface area contributed by atoms with Crippen LogP contribution < -0.4 is 14.2 Å². The second kappa shape index (κ2) is 8.85. The molecule has 1 fully saturated rings. The first-order valence-corrected chi connectivity index (χ1v) is 9.79. The van der Waals surface area contributed by atoms with E-state index in [1.54, 1.807) is 33.6 Å². The number of hydrogen-bond donors (Lipinski definition) is 0. The number of aromatic nitrogens is 1. The fraction of sp³-hybridized carbons (Fsp3) is 0.348. The van der Waals surface area contributed by atoms with Gasteiger partial charge in [-0.25, -0.2) is 4.39 Å². The summed E-state index contributed by atoms with van der Waals surface area (Å²) in [5, 5.41) is 1.73. The minimum absolute atomic E-state index is 0.183. The largest absolute Gasteiger partial charge is 0.496 e. The van der Waals surface area contributed by atoms with Crippen molar-refractivity contribution in [1.29, 1.82) is 0 Å². The Morgan fingerprint density at radius 1 is 1.00 bits per heavy atom. The van der Waals surface area contributed by atoms with Crippen LogP contribution in [-0.2, 0) is 11.3 Å². The van der Waals surface area contributed by atoms with Gasteiger partial charge in [0.15, 0.2) is 11.5 Å². The van der Waals surface area contributed by atoms with Gasteiger partial charge in [-0.05, 0) is 35.7 Å². The zero-order valence-corrected chi connectivity index (χ0v) is 17.4. The second-order valence-electron chi connectivity index (χ2n) is 7.21. The summed E-state index contributed by atoms with van der Waals surface area (Å²) in [6, 6.07) is 10.4. The minimum Gasteiger partial charge on any atom is -0.496 e. The fourth-order valence-corrected chi connectivity index (χ4v) is 3.79. The zero-order valence-electron chi connectivity index (χ0n) is 17.4. The lowest BCUT2D eigenvalue weighted by Gasteiger charge is -2.33. The van der Waals surface area contributed by atoms with Gasteiger partial charge in [-0.3, -0.25) is 9.88 Å². The summed E-state index contributed by atoms with van der Waals surface area (Å²) >= 11 is 0. The molecule has 1 unspecified atom stereocenters. The molecule has 0 saturated carbocycles. The normalized spacial score (nSPS) is 17.1. The standard InChI is InChI=1S/C23H25FN2O4/c1-27-20-11-22(29-3)21(28-2)10-17(20)13-26-6-7-30-23(14-26)19-9-16-8-18(24)5-4-15(16)12-25-19/h4-5,8-12,23H,6-7,13-14H2,1-3H3. The molecule has 0 amide bonds. The van der Waals surface area contributed by atoms with E-state index < -0.39 is 0 Å². The van der Waals surface area contributed by atoms with E-state index in [4.69, 9.17) is 18.9 Å². The molecule has 1 aliphatic rings. The molecule has 3 aromatic rings. The van der Waals surface area contributed by atoms with E-state index in [0.29, 0.717) is 31.2 Å². The third-order valence-electron chi connectivity index (χ3n) is 5.37. The molecule has 0 spiro atoms. The summed E-state index contributed by atoms with van der Waals surface area (Å²) in [5.74, 6) is 1.78. The maximum Gasteiger partial charge on any atom is 0.164 e. The maximum absolute atomic E-state index is 13.6. The Hall–Kier alpha value is -2.90. The number of ether oxygens (including phenoxy) is 4. The first-order chi connectivity index (χ1) is 14.6. The van der Waals surface area contributed by atoms with Crippen LogP contribution in [0.15, 0.2) is 42.6 Å². The van der Waals surface area contributed by atoms with Gasteiger partial charge in [-0.2, -0.15) is 0 Å². The zero-order chi connectivity index (χ0) is 21.1. The Morgan fingerprint density at radius 2 is 1.77 bits per heavy atom. The summed E-state index contributed by atoms with van der Waals surface area (Å²) in [6.45, 7) is 2.72. The van der Waals surface area contributed by atoms with Crippen LogP contribution in [0.1, 0.15) is 17.4 Å². The van der Waals surface area contributed by atoms with Crippen molar-refractivity contribution in [2.75, 3.05) is 41.0 Å². The predicted molar refractivity (Wildman–Crippen MR) is 112 cm³/mol. The van der Waals surface area contributed by atoms with Crippen LogP contribution in [0.4, 0.5) is 4.39 Å². The number of benzene rings is 2. The van der Waals surface area contributed by atoms with Crippen LogP contribution in [0.25, 0.3) is 10.8 Å². The molecule has 1 atom stereocenters. The Bertz CT molecular complexity index is 1040. The van der Waals surface area contributed by atoms with Crippen LogP contribution in [0.2, 0.25) is 0 Å². The van der Waals surface area contributed by atoms with Crippen molar-refractivity contribution in [2.24, 2.45) is 0 Å². The number of hydrogen-bond acceptors (Lipinski definition) is 6. The van der Waals surface area contributed by atoms with Gasteiger partial charge in [0, 0.05) is 42.8 Å². The first-order valence-electron chi connectivity index (χ1n) is 9.79. The molecule has 7 heteroatoms. The van der Waals surface area contributed by atoms with Gasteiger partial charge in [-0.1, -0.05) is 0 Å². The Morgan fingerprint density at radius 3 is 2.53 bits per heavy atom. The molecule has 0 radical (unpaired) electrons. The van der Waals surface area contributed by atoms with Gasteiger partial charge in [0.2, 0.25) is 0 Å². The van der Waals surface area contributed by atoms with Crippen molar-refractivity contribution in [2.45, 2.75) is 12.6 Å². The molecule has 6 nitrogen and oxygen atoms in total. The summed E-state index contributed by atoms with van der Waals surface area (Å²) in [4.78, 5) is 6.84. The van der Waals surface area contributed by atoms with Gasteiger partial charge >= 0.3 is 0 Å². The van der Waals surface area contributed by atoms with Crippen molar-refractivity contribution in [3.05, 3.63) is 59.7 Å². The summed E-state index contributed by atoms with van der Waals surface area (Å²) in [7, 11) is 4.87. The third-order valence-corrected chi connectivity index (χ3v) is 5.37. The third kappa shape index (κ3) is 4.17. The molecule has 2 aromatic carbocycles. The van der Waals surface area contributed by atoms with Crippen molar-refractivity contribution < 1.29 is 23.3 Å². The molecular formula is C23H25FN2O4. The highest BCUT2D eigenvalue weighted by atomic mass is 19.1. The topological polar surface area (TPSA) is 53.0 Å². The lowest BCUT2D eigenvalue weighted by Crippen LogP contribution is -2.38. The van der Waals surface area contributed by atoms with Gasteiger partial charge < -0.3 is 18.9 Å². The molecule has 0 aliphatic carbocycles. The number of methoxy groups -OCH3 is 3. The van der Waals surface area contributed by atoms with E-state index in [9.17, 15) is 4.39 Å². The average molecular weight is 412 g/mol. The van der Waals surface area contributed by atoms with E-state index in [0.717, 1.165) is 34.3 Å². The van der Waals surface area contributed by atoms with Crippen molar-refractivity contribution in [3.63, 3.8) is 0 Å². The Balaban J connectivity index is 1.55. The van der Waals surface area contributed by atoms with Crippen molar-refractivity contribution >= 4 is 10.8 Å². The van der Waals surface area contributed by atoms with Crippen LogP contribution in [0, 0.1) is 5.82 Å². The summed E-state index contributed by atoms with van der Waals surface area (Å²) in [6.07, 6.45) is 1.58. The number of nitrogens with zero attached hydrogens (tertiary/aromatic N) is 2. The lowest BCUT2D eigenvalue weighted by molar-refractivity contribution is -0.0351. The predicted octanol–water partition coefficient (Wildman–Crippen LogP) is 3.97. The van der Waals surface area contributed by atoms with Crippen molar-refractivity contribution in [3.8, 4) is 17.2 Å². The van der Waals surface area contributed by atoms with E-state index >= 15 is 0 Å². The van der Waals surface area contributed by atoms with Gasteiger partial charge in [-0.15, -0.1) is 0 Å². The molecular weight excluding hydrogens is 387 g/mol. The number of rotatable bonds is 6. The first kappa shape index (κ1) is 20.4. The lowest BCUT2D eigenvalue weighted by atomic mass is 10.1. The van der Waals surface area contributed by atoms with Gasteiger partial charge in [0.05, 0.1) is 33.6 Å². The van der Waals surface area contributed by atoms with Crippen LogP contribution in [0.3, 0.4) is 0 Å². The van der Waals surface area contributed by atoms with E-state index in [-0.39, 0.29) is 11.9 Å². The fourth-order valence-electron chi connectivity index (χ4n) is 3.79. The highest BCUT2D eigenvalue weighted by molar-refractivity contribution is 5.82. The summed E-state index contributed by atoms with van der Waals surface area (Å²) in [5.41, 5.74) is 1.81. The van der Waals surface area contributed by atoms with Gasteiger partial charge in [0.25, 0.3) is 0 Å². The maximum atomic E-state index is 13.6. The Labute approximate surface area is 175 Å². The van der Waals surface area contributed by atoms with Crippen molar-refractivity contribution in [1.82, 2.24) is 9.88 Å². The number of pyridine rings is 1. The molecule has 0 N–H and O–H groups in total. The molecule has 0 bridgehead atoms. The van der Waals surface area contributed by atoms with E-state index in [1.807, 2.05) is 18.2 Å². The van der Waals surface area contributed by atoms with Crippen LogP contribution >= 0.6 is 0 Å². The molecule has 1 saturated heterocycles. The average Bonchev–Trinajstić information content (AvgIpc) is 2.78. The second-order valence-corrected chi connectivity index (χ2v) is 7.21. The number of halogens is 1. The molecule has 30 heavy (non-hydrogen) atoms. The molecule has 1 aliphatic heterocycles. The number of fused-ring (bicyclic) bond motifs is 1. The molecule has 4 rings (SSSR count). The highest BCUT2D eigenvalue weighted by Crippen LogP contribution is 2.36. The molecule has 158 valence electrons. The minimum atomic E-state index is -0.258. The number of morpholine rings is 1. The van der Waals surface area contributed by atoms with Crippen LogP contribution in [0.5, 0.6) is 17.2 Å². The van der Waals surface area contributed by atoms with Crippen LogP contribution in [-0.4, -0.2) is 50.9 Å². The van der Waals surface area contributed by atoms with Gasteiger partial charge in [0.1, 0.15) is 17.7 Å². The molecule has 1 aromatic heterocycles. The molecule has 2 heterocycles. The summed E-state index contributed by atoms with van der Waals surface area (Å²) < 4.78 is 36.0. The quantitative estimate of drug-likeness (QED) is 0.611. The van der Waals surface area contributed by atoms with E-state index in [2.05, 4.69) is 9.88 Å². The van der Waals surface area contributed by atoms with E-state index in [1.165, 1.54) is 12.1 Å². The smallest absolute Gasteiger partial charge is 0.164 e.